The Kier molecular flexibility index (Phi) is 2.97. The van der Waals surface area contributed by atoms with Crippen molar-refractivity contribution in [3.05, 3.63) is 47.0 Å². The first-order chi connectivity index (χ1) is 10.1. The van der Waals surface area contributed by atoms with Crippen LogP contribution in [-0.2, 0) is 4.74 Å². The Morgan fingerprint density at radius 3 is 2.43 bits per heavy atom. The van der Waals surface area contributed by atoms with Gasteiger partial charge in [-0.05, 0) is 36.9 Å². The number of imide groups is 3. The number of aryl methyl sites for hydroxylation is 1. The fourth-order valence-corrected chi connectivity index (χ4v) is 2.60. The third kappa shape index (κ3) is 1.81. The van der Waals surface area contributed by atoms with Crippen molar-refractivity contribution < 1.29 is 19.1 Å². The monoisotopic (exact) mass is 283 g/mol. The summed E-state index contributed by atoms with van der Waals surface area (Å²) in [5.41, 5.74) is 1.67. The highest BCUT2D eigenvalue weighted by atomic mass is 16.6. The van der Waals surface area contributed by atoms with Gasteiger partial charge in [-0.25, -0.2) is 4.79 Å². The molecule has 0 unspecified atom stereocenters. The van der Waals surface area contributed by atoms with Gasteiger partial charge in [0.1, 0.15) is 0 Å². The molecule has 0 aliphatic carbocycles. The molecule has 0 radical (unpaired) electrons. The maximum Gasteiger partial charge on any atom is 0.424 e. The van der Waals surface area contributed by atoms with Gasteiger partial charge in [-0.15, -0.1) is 0 Å². The van der Waals surface area contributed by atoms with Crippen molar-refractivity contribution in [3.8, 4) is 0 Å². The summed E-state index contributed by atoms with van der Waals surface area (Å²) in [6.45, 7) is 3.63. The van der Waals surface area contributed by atoms with Gasteiger partial charge in [0, 0.05) is 16.5 Å². The lowest BCUT2D eigenvalue weighted by molar-refractivity contribution is 0.0557. The predicted octanol–water partition coefficient (Wildman–Crippen LogP) is 2.90. The van der Waals surface area contributed by atoms with Crippen LogP contribution in [0.3, 0.4) is 0 Å². The van der Waals surface area contributed by atoms with Crippen LogP contribution in [0.4, 0.5) is 4.79 Å². The van der Waals surface area contributed by atoms with Gasteiger partial charge in [-0.3, -0.25) is 9.59 Å². The van der Waals surface area contributed by atoms with Gasteiger partial charge >= 0.3 is 6.09 Å². The topological polar surface area (TPSA) is 63.7 Å². The molecule has 0 spiro atoms. The average molecular weight is 283 g/mol. The molecular formula is C16H13NO4. The molecule has 3 amide bonds. The highest BCUT2D eigenvalue weighted by Gasteiger charge is 2.38. The molecule has 3 rings (SSSR count). The van der Waals surface area contributed by atoms with Crippen LogP contribution in [0.2, 0.25) is 0 Å². The molecule has 106 valence electrons. The zero-order valence-electron chi connectivity index (χ0n) is 11.7. The number of amides is 3. The lowest BCUT2D eigenvalue weighted by Crippen LogP contribution is -2.44. The van der Waals surface area contributed by atoms with Crippen LogP contribution in [0, 0.1) is 6.92 Å². The van der Waals surface area contributed by atoms with Crippen molar-refractivity contribution in [3.63, 3.8) is 0 Å². The van der Waals surface area contributed by atoms with Crippen LogP contribution in [0.15, 0.2) is 30.3 Å². The van der Waals surface area contributed by atoms with Crippen LogP contribution in [-0.4, -0.2) is 29.4 Å². The molecule has 0 fully saturated rings. The first-order valence-corrected chi connectivity index (χ1v) is 6.64. The van der Waals surface area contributed by atoms with E-state index in [-0.39, 0.29) is 6.61 Å². The Bertz CT molecular complexity index is 772. The minimum atomic E-state index is -0.935. The maximum atomic E-state index is 12.4. The Balaban J connectivity index is 2.27. The highest BCUT2D eigenvalue weighted by molar-refractivity contribution is 6.30. The number of benzene rings is 2. The molecule has 1 aliphatic rings. The Morgan fingerprint density at radius 1 is 1.10 bits per heavy atom. The van der Waals surface area contributed by atoms with E-state index in [0.717, 1.165) is 10.9 Å². The molecule has 2 aromatic rings. The summed E-state index contributed by atoms with van der Waals surface area (Å²) >= 11 is 0. The lowest BCUT2D eigenvalue weighted by atomic mass is 9.92. The van der Waals surface area contributed by atoms with E-state index >= 15 is 0 Å². The molecule has 0 saturated carbocycles. The van der Waals surface area contributed by atoms with Crippen molar-refractivity contribution >= 4 is 28.7 Å². The van der Waals surface area contributed by atoms with E-state index in [1.54, 1.807) is 31.2 Å². The quantitative estimate of drug-likeness (QED) is 0.755. The minimum Gasteiger partial charge on any atom is -0.449 e. The van der Waals surface area contributed by atoms with Gasteiger partial charge < -0.3 is 4.74 Å². The Morgan fingerprint density at radius 2 is 1.76 bits per heavy atom. The van der Waals surface area contributed by atoms with E-state index in [2.05, 4.69) is 0 Å². The summed E-state index contributed by atoms with van der Waals surface area (Å²) in [7, 11) is 0. The molecule has 0 N–H and O–H groups in total. The zero-order valence-corrected chi connectivity index (χ0v) is 11.7. The van der Waals surface area contributed by atoms with E-state index < -0.39 is 17.9 Å². The van der Waals surface area contributed by atoms with E-state index in [4.69, 9.17) is 4.74 Å². The van der Waals surface area contributed by atoms with Crippen LogP contribution in [0.25, 0.3) is 10.8 Å². The zero-order chi connectivity index (χ0) is 15.1. The third-order valence-corrected chi connectivity index (χ3v) is 3.58. The Hall–Kier alpha value is -2.69. The lowest BCUT2D eigenvalue weighted by Gasteiger charge is -2.25. The molecule has 0 atom stereocenters. The number of carbonyl (C=O) groups excluding carboxylic acids is 3. The second kappa shape index (κ2) is 4.70. The second-order valence-electron chi connectivity index (χ2n) is 4.80. The first kappa shape index (κ1) is 13.3. The molecule has 0 bridgehead atoms. The molecule has 1 aliphatic heterocycles. The summed E-state index contributed by atoms with van der Waals surface area (Å²) < 4.78 is 4.80. The van der Waals surface area contributed by atoms with E-state index in [1.165, 1.54) is 0 Å². The smallest absolute Gasteiger partial charge is 0.424 e. The molecule has 2 aromatic carbocycles. The number of nitrogens with zero attached hydrogens (tertiary/aromatic N) is 1. The van der Waals surface area contributed by atoms with Crippen molar-refractivity contribution in [1.82, 2.24) is 4.90 Å². The van der Waals surface area contributed by atoms with Crippen LogP contribution < -0.4 is 0 Å². The van der Waals surface area contributed by atoms with Gasteiger partial charge in [-0.2, -0.15) is 4.90 Å². The summed E-state index contributed by atoms with van der Waals surface area (Å²) in [6, 6.07) is 8.66. The van der Waals surface area contributed by atoms with Gasteiger partial charge in [0.15, 0.2) is 0 Å². The fraction of sp³-hybridized carbons (Fsp3) is 0.188. The van der Waals surface area contributed by atoms with E-state index in [0.29, 0.717) is 21.4 Å². The molecule has 21 heavy (non-hydrogen) atoms. The molecule has 5 nitrogen and oxygen atoms in total. The average Bonchev–Trinajstić information content (AvgIpc) is 2.46. The molecule has 1 heterocycles. The molecule has 0 saturated heterocycles. The largest absolute Gasteiger partial charge is 0.449 e. The SMILES string of the molecule is CCOC(=O)N1C(=O)c2cccc3c(C)ccc(c23)C1=O. The highest BCUT2D eigenvalue weighted by Crippen LogP contribution is 2.32. The number of ether oxygens (including phenoxy) is 1. The molecule has 0 aromatic heterocycles. The summed E-state index contributed by atoms with van der Waals surface area (Å²) in [5.74, 6) is -1.27. The van der Waals surface area contributed by atoms with Crippen LogP contribution in [0.5, 0.6) is 0 Å². The van der Waals surface area contributed by atoms with Gasteiger partial charge in [0.05, 0.1) is 6.61 Å². The first-order valence-electron chi connectivity index (χ1n) is 6.64. The van der Waals surface area contributed by atoms with E-state index in [9.17, 15) is 14.4 Å². The van der Waals surface area contributed by atoms with Crippen LogP contribution >= 0.6 is 0 Å². The van der Waals surface area contributed by atoms with Crippen molar-refractivity contribution in [2.24, 2.45) is 0 Å². The van der Waals surface area contributed by atoms with Crippen molar-refractivity contribution in [1.29, 1.82) is 0 Å². The number of hydrogen-bond acceptors (Lipinski definition) is 4. The number of rotatable bonds is 1. The summed E-state index contributed by atoms with van der Waals surface area (Å²) in [4.78, 5) is 37.3. The predicted molar refractivity (Wildman–Crippen MR) is 76.2 cm³/mol. The van der Waals surface area contributed by atoms with Crippen molar-refractivity contribution in [2.45, 2.75) is 13.8 Å². The second-order valence-corrected chi connectivity index (χ2v) is 4.80. The van der Waals surface area contributed by atoms with Gasteiger partial charge in [-0.1, -0.05) is 18.2 Å². The minimum absolute atomic E-state index is 0.0981. The normalized spacial score (nSPS) is 13.7. The van der Waals surface area contributed by atoms with E-state index in [1.807, 2.05) is 13.0 Å². The fourth-order valence-electron chi connectivity index (χ4n) is 2.60. The van der Waals surface area contributed by atoms with Gasteiger partial charge in [0.2, 0.25) is 0 Å². The summed E-state index contributed by atoms with van der Waals surface area (Å²) in [6.07, 6.45) is -0.935. The summed E-state index contributed by atoms with van der Waals surface area (Å²) in [5, 5.41) is 1.45. The van der Waals surface area contributed by atoms with Crippen LogP contribution in [0.1, 0.15) is 33.2 Å². The maximum absolute atomic E-state index is 12.4. The van der Waals surface area contributed by atoms with Crippen molar-refractivity contribution in [2.75, 3.05) is 6.61 Å². The standard InChI is InChI=1S/C16H13NO4/c1-3-21-16(20)17-14(18)11-6-4-5-10-9(2)7-8-12(13(10)11)15(17)19/h4-8H,3H2,1-2H3. The molecule has 5 heteroatoms. The van der Waals surface area contributed by atoms with Gasteiger partial charge in [0.25, 0.3) is 11.8 Å². The molecular weight excluding hydrogens is 270 g/mol. The number of carbonyl (C=O) groups is 3. The third-order valence-electron chi connectivity index (χ3n) is 3.58. The Labute approximate surface area is 121 Å². The number of hydrogen-bond donors (Lipinski definition) is 0.